The highest BCUT2D eigenvalue weighted by Gasteiger charge is 2.10. The van der Waals surface area contributed by atoms with E-state index in [2.05, 4.69) is 69.2 Å². The van der Waals surface area contributed by atoms with E-state index in [-0.39, 0.29) is 0 Å². The SMILES string of the molecule is CCN(CC)CCSCC(NC)c1ccc(C(C)C)cc1. The van der Waals surface area contributed by atoms with Crippen LogP contribution in [0.4, 0.5) is 0 Å². The van der Waals surface area contributed by atoms with Gasteiger partial charge in [0.1, 0.15) is 0 Å². The average molecular weight is 309 g/mol. The van der Waals surface area contributed by atoms with E-state index in [4.69, 9.17) is 0 Å². The van der Waals surface area contributed by atoms with Crippen LogP contribution in [-0.2, 0) is 0 Å². The maximum atomic E-state index is 3.45. The second kappa shape index (κ2) is 10.3. The van der Waals surface area contributed by atoms with E-state index in [9.17, 15) is 0 Å². The summed E-state index contributed by atoms with van der Waals surface area (Å²) < 4.78 is 0. The van der Waals surface area contributed by atoms with Crippen molar-refractivity contribution in [3.05, 3.63) is 35.4 Å². The van der Waals surface area contributed by atoms with Gasteiger partial charge in [-0.1, -0.05) is 52.0 Å². The van der Waals surface area contributed by atoms with Crippen LogP contribution >= 0.6 is 11.8 Å². The van der Waals surface area contributed by atoms with Crippen molar-refractivity contribution in [2.45, 2.75) is 39.7 Å². The minimum Gasteiger partial charge on any atom is -0.312 e. The second-order valence-corrected chi connectivity index (χ2v) is 6.91. The molecule has 0 radical (unpaired) electrons. The fourth-order valence-electron chi connectivity index (χ4n) is 2.39. The van der Waals surface area contributed by atoms with E-state index in [1.807, 2.05) is 11.8 Å². The molecule has 0 aliphatic heterocycles. The van der Waals surface area contributed by atoms with Crippen molar-refractivity contribution < 1.29 is 0 Å². The smallest absolute Gasteiger partial charge is 0.0409 e. The average Bonchev–Trinajstić information content (AvgIpc) is 2.51. The monoisotopic (exact) mass is 308 g/mol. The van der Waals surface area contributed by atoms with E-state index in [0.29, 0.717) is 12.0 Å². The van der Waals surface area contributed by atoms with Crippen LogP contribution in [0.3, 0.4) is 0 Å². The lowest BCUT2D eigenvalue weighted by Gasteiger charge is -2.20. The number of benzene rings is 1. The van der Waals surface area contributed by atoms with Gasteiger partial charge in [-0.05, 0) is 37.2 Å². The number of nitrogens with one attached hydrogen (secondary N) is 1. The molecule has 0 aliphatic rings. The van der Waals surface area contributed by atoms with E-state index < -0.39 is 0 Å². The first-order chi connectivity index (χ1) is 10.1. The zero-order valence-electron chi connectivity index (χ0n) is 14.4. The van der Waals surface area contributed by atoms with Crippen molar-refractivity contribution in [3.8, 4) is 0 Å². The van der Waals surface area contributed by atoms with Crippen LogP contribution < -0.4 is 5.32 Å². The fourth-order valence-corrected chi connectivity index (χ4v) is 3.54. The maximum absolute atomic E-state index is 3.45. The third kappa shape index (κ3) is 6.41. The summed E-state index contributed by atoms with van der Waals surface area (Å²) in [5, 5.41) is 3.45. The van der Waals surface area contributed by atoms with Gasteiger partial charge in [0.05, 0.1) is 0 Å². The molecule has 120 valence electrons. The number of hydrogen-bond donors (Lipinski definition) is 1. The molecule has 3 heteroatoms. The molecule has 0 fully saturated rings. The standard InChI is InChI=1S/C18H32N2S/c1-6-20(7-2)12-13-21-14-18(19-5)17-10-8-16(9-11-17)15(3)4/h8-11,15,18-19H,6-7,12-14H2,1-5H3. The van der Waals surface area contributed by atoms with Gasteiger partial charge in [0.25, 0.3) is 0 Å². The molecule has 0 spiro atoms. The van der Waals surface area contributed by atoms with Crippen LogP contribution in [0.5, 0.6) is 0 Å². The van der Waals surface area contributed by atoms with Gasteiger partial charge in [0.2, 0.25) is 0 Å². The predicted octanol–water partition coefficient (Wildman–Crippen LogP) is 4.15. The molecule has 21 heavy (non-hydrogen) atoms. The first kappa shape index (κ1) is 18.5. The van der Waals surface area contributed by atoms with Crippen LogP contribution in [0.2, 0.25) is 0 Å². The summed E-state index contributed by atoms with van der Waals surface area (Å²) in [5.74, 6) is 2.96. The molecule has 0 bridgehead atoms. The summed E-state index contributed by atoms with van der Waals surface area (Å²) in [4.78, 5) is 2.48. The van der Waals surface area contributed by atoms with E-state index in [1.54, 1.807) is 0 Å². The minimum atomic E-state index is 0.452. The highest BCUT2D eigenvalue weighted by Crippen LogP contribution is 2.21. The molecule has 0 saturated carbocycles. The molecule has 2 nitrogen and oxygen atoms in total. The Morgan fingerprint density at radius 1 is 1.05 bits per heavy atom. The Morgan fingerprint density at radius 2 is 1.62 bits per heavy atom. The first-order valence-corrected chi connectivity index (χ1v) is 9.35. The van der Waals surface area contributed by atoms with Crippen LogP contribution in [0.25, 0.3) is 0 Å². The van der Waals surface area contributed by atoms with Gasteiger partial charge in [-0.3, -0.25) is 0 Å². The van der Waals surface area contributed by atoms with Crippen molar-refractivity contribution in [2.75, 3.05) is 38.2 Å². The summed E-state index contributed by atoms with van der Waals surface area (Å²) in [6.07, 6.45) is 0. The van der Waals surface area contributed by atoms with Crippen LogP contribution in [0.1, 0.15) is 50.8 Å². The molecular weight excluding hydrogens is 276 g/mol. The Labute approximate surface area is 135 Å². The first-order valence-electron chi connectivity index (χ1n) is 8.19. The fraction of sp³-hybridized carbons (Fsp3) is 0.667. The summed E-state index contributed by atoms with van der Waals surface area (Å²) in [6.45, 7) is 12.5. The molecule has 1 N–H and O–H groups in total. The zero-order chi connectivity index (χ0) is 15.7. The van der Waals surface area contributed by atoms with Gasteiger partial charge in [0, 0.05) is 24.1 Å². The predicted molar refractivity (Wildman–Crippen MR) is 97.4 cm³/mol. The third-order valence-corrected chi connectivity index (χ3v) is 5.13. The van der Waals surface area contributed by atoms with Gasteiger partial charge in [-0.25, -0.2) is 0 Å². The Balaban J connectivity index is 2.44. The third-order valence-electron chi connectivity index (χ3n) is 4.08. The summed E-state index contributed by atoms with van der Waals surface area (Å²) in [7, 11) is 2.06. The lowest BCUT2D eigenvalue weighted by Crippen LogP contribution is -2.26. The molecular formula is C18H32N2S. The Morgan fingerprint density at radius 3 is 2.10 bits per heavy atom. The van der Waals surface area contributed by atoms with Gasteiger partial charge in [-0.15, -0.1) is 0 Å². The molecule has 0 aromatic heterocycles. The Bertz CT molecular complexity index is 371. The van der Waals surface area contributed by atoms with Gasteiger partial charge < -0.3 is 10.2 Å². The molecule has 1 unspecified atom stereocenters. The highest BCUT2D eigenvalue weighted by atomic mass is 32.2. The van der Waals surface area contributed by atoms with Crippen LogP contribution in [0, 0.1) is 0 Å². The molecule has 1 aromatic rings. The topological polar surface area (TPSA) is 15.3 Å². The molecule has 1 aromatic carbocycles. The number of thioether (sulfide) groups is 1. The second-order valence-electron chi connectivity index (χ2n) is 5.76. The lowest BCUT2D eigenvalue weighted by molar-refractivity contribution is 0.324. The van der Waals surface area contributed by atoms with Crippen molar-refractivity contribution >= 4 is 11.8 Å². The van der Waals surface area contributed by atoms with Crippen molar-refractivity contribution in [3.63, 3.8) is 0 Å². The molecule has 0 saturated heterocycles. The quantitative estimate of drug-likeness (QED) is 0.654. The molecule has 0 aliphatic carbocycles. The largest absolute Gasteiger partial charge is 0.312 e. The van der Waals surface area contributed by atoms with Crippen molar-refractivity contribution in [1.29, 1.82) is 0 Å². The highest BCUT2D eigenvalue weighted by molar-refractivity contribution is 7.99. The van der Waals surface area contributed by atoms with E-state index in [1.165, 1.54) is 23.4 Å². The number of nitrogens with zero attached hydrogens (tertiary/aromatic N) is 1. The summed E-state index contributed by atoms with van der Waals surface area (Å²) in [6, 6.07) is 9.55. The lowest BCUT2D eigenvalue weighted by atomic mass is 10.00. The zero-order valence-corrected chi connectivity index (χ0v) is 15.2. The Hall–Kier alpha value is -0.510. The Kier molecular flexibility index (Phi) is 9.05. The van der Waals surface area contributed by atoms with Gasteiger partial charge in [0.15, 0.2) is 0 Å². The summed E-state index contributed by atoms with van der Waals surface area (Å²) >= 11 is 2.05. The molecule has 1 rings (SSSR count). The van der Waals surface area contributed by atoms with Crippen LogP contribution in [-0.4, -0.2) is 43.1 Å². The number of rotatable bonds is 10. The normalized spacial score (nSPS) is 13.1. The van der Waals surface area contributed by atoms with Crippen molar-refractivity contribution in [1.82, 2.24) is 10.2 Å². The van der Waals surface area contributed by atoms with Crippen LogP contribution in [0.15, 0.2) is 24.3 Å². The van der Waals surface area contributed by atoms with Gasteiger partial charge in [-0.2, -0.15) is 11.8 Å². The maximum Gasteiger partial charge on any atom is 0.0409 e. The molecule has 1 atom stereocenters. The summed E-state index contributed by atoms with van der Waals surface area (Å²) in [5.41, 5.74) is 2.82. The van der Waals surface area contributed by atoms with E-state index in [0.717, 1.165) is 18.8 Å². The number of hydrogen-bond acceptors (Lipinski definition) is 3. The van der Waals surface area contributed by atoms with Gasteiger partial charge >= 0.3 is 0 Å². The minimum absolute atomic E-state index is 0.452. The van der Waals surface area contributed by atoms with Crippen molar-refractivity contribution in [2.24, 2.45) is 0 Å². The molecule has 0 amide bonds. The van der Waals surface area contributed by atoms with E-state index >= 15 is 0 Å². The molecule has 0 heterocycles.